The van der Waals surface area contributed by atoms with Crippen molar-refractivity contribution < 1.29 is 31.4 Å². The Labute approximate surface area is 205 Å². The van der Waals surface area contributed by atoms with Gasteiger partial charge < -0.3 is 19.8 Å². The molecule has 3 aromatic rings. The van der Waals surface area contributed by atoms with Gasteiger partial charge in [0.15, 0.2) is 0 Å². The molecule has 7 heteroatoms. The maximum absolute atomic E-state index is 13.4. The van der Waals surface area contributed by atoms with Crippen molar-refractivity contribution in [2.45, 2.75) is 52.2 Å². The summed E-state index contributed by atoms with van der Waals surface area (Å²) >= 11 is 0. The molecule has 174 valence electrons. The van der Waals surface area contributed by atoms with Gasteiger partial charge in [-0.05, 0) is 34.6 Å². The third-order valence-corrected chi connectivity index (χ3v) is 4.97. The number of carbonyl (C=O) groups excluding carboxylic acids is 2. The predicted molar refractivity (Wildman–Crippen MR) is 129 cm³/mol. The summed E-state index contributed by atoms with van der Waals surface area (Å²) in [7, 11) is 0.935. The third kappa shape index (κ3) is 5.08. The van der Waals surface area contributed by atoms with Crippen LogP contribution in [0.3, 0.4) is 0 Å². The molecule has 1 aromatic heterocycles. The van der Waals surface area contributed by atoms with Crippen LogP contribution in [0.4, 0.5) is 10.5 Å². The number of hydrogen-bond acceptors (Lipinski definition) is 5. The summed E-state index contributed by atoms with van der Waals surface area (Å²) in [6.45, 7) is -6.07. The van der Waals surface area contributed by atoms with E-state index in [4.69, 9.17) is 17.1 Å². The van der Waals surface area contributed by atoms with Crippen LogP contribution in [-0.2, 0) is 15.6 Å². The molecule has 0 aliphatic heterocycles. The van der Waals surface area contributed by atoms with Crippen molar-refractivity contribution >= 4 is 28.7 Å². The van der Waals surface area contributed by atoms with Crippen LogP contribution in [0.2, 0.25) is 0 Å². The minimum absolute atomic E-state index is 0.0989. The van der Waals surface area contributed by atoms with Crippen molar-refractivity contribution in [1.82, 2.24) is 4.98 Å². The van der Waals surface area contributed by atoms with Crippen LogP contribution in [0.1, 0.15) is 75.1 Å². The van der Waals surface area contributed by atoms with Gasteiger partial charge >= 0.3 is 6.16 Å². The molecule has 33 heavy (non-hydrogen) atoms. The van der Waals surface area contributed by atoms with Crippen LogP contribution in [0.5, 0.6) is 5.75 Å². The normalized spacial score (nSPS) is 17.0. The fourth-order valence-electron chi connectivity index (χ4n) is 3.34. The van der Waals surface area contributed by atoms with Crippen LogP contribution in [0, 0.1) is 0 Å². The quantitative estimate of drug-likeness (QED) is 0.397. The molecular formula is C26H30N2O5. The fourth-order valence-corrected chi connectivity index (χ4v) is 3.34. The number of para-hydroxylation sites is 1. The molecular weight excluding hydrogens is 420 g/mol. The summed E-state index contributed by atoms with van der Waals surface area (Å²) in [4.78, 5) is 41.5. The standard InChI is InChI=1S/C26H30N2O5/c1-25(2,3)17-12-18(26(4,5)6)21(33-24(31)32-7)13-20(17)28-23(30)16-14-27-19-11-9-8-10-15(19)22(16)29/h8-14H,1-7H3,(H,27,29)(H,28,30)/i4D3,5D3,6D3. The van der Waals surface area contributed by atoms with Crippen LogP contribution in [0.15, 0.2) is 47.4 Å². The van der Waals surface area contributed by atoms with Gasteiger partial charge in [0, 0.05) is 46.8 Å². The van der Waals surface area contributed by atoms with Gasteiger partial charge in [0.1, 0.15) is 11.3 Å². The van der Waals surface area contributed by atoms with Gasteiger partial charge in [0.05, 0.1) is 7.11 Å². The number of aromatic nitrogens is 1. The van der Waals surface area contributed by atoms with E-state index >= 15 is 0 Å². The Balaban J connectivity index is 2.40. The van der Waals surface area contributed by atoms with Gasteiger partial charge in [-0.3, -0.25) is 9.59 Å². The molecule has 2 N–H and O–H groups in total. The van der Waals surface area contributed by atoms with Gasteiger partial charge in [0.25, 0.3) is 5.91 Å². The molecule has 2 aromatic carbocycles. The van der Waals surface area contributed by atoms with Crippen LogP contribution < -0.4 is 15.5 Å². The number of hydrogen-bond donors (Lipinski definition) is 2. The van der Waals surface area contributed by atoms with Crippen molar-refractivity contribution in [1.29, 1.82) is 0 Å². The summed E-state index contributed by atoms with van der Waals surface area (Å²) in [6, 6.07) is 8.45. The highest BCUT2D eigenvalue weighted by Crippen LogP contribution is 2.40. The molecule has 0 spiro atoms. The fraction of sp³-hybridized carbons (Fsp3) is 0.346. The first-order valence-corrected chi connectivity index (χ1v) is 9.94. The minimum atomic E-state index is -3.67. The highest BCUT2D eigenvalue weighted by Gasteiger charge is 2.28. The minimum Gasteiger partial charge on any atom is -0.437 e. The van der Waals surface area contributed by atoms with Crippen LogP contribution in [-0.4, -0.2) is 24.2 Å². The highest BCUT2D eigenvalue weighted by molar-refractivity contribution is 6.06. The topological polar surface area (TPSA) is 97.5 Å². The van der Waals surface area contributed by atoms with E-state index in [2.05, 4.69) is 15.0 Å². The number of fused-ring (bicyclic) bond motifs is 1. The lowest BCUT2D eigenvalue weighted by atomic mass is 9.79. The zero-order chi connectivity index (χ0) is 32.1. The number of aromatic amines is 1. The first kappa shape index (κ1) is 14.5. The van der Waals surface area contributed by atoms with E-state index in [0.717, 1.165) is 19.2 Å². The zero-order valence-corrected chi connectivity index (χ0v) is 18.6. The summed E-state index contributed by atoms with van der Waals surface area (Å²) in [6.07, 6.45) is -0.196. The van der Waals surface area contributed by atoms with Crippen molar-refractivity contribution in [2.24, 2.45) is 0 Å². The Bertz CT molecular complexity index is 1550. The summed E-state index contributed by atoms with van der Waals surface area (Å²) in [5.74, 6) is -1.67. The molecule has 0 saturated carbocycles. The summed E-state index contributed by atoms with van der Waals surface area (Å²) in [5, 5.41) is 2.79. The molecule has 0 bridgehead atoms. The second-order valence-corrected chi connectivity index (χ2v) is 8.48. The Kier molecular flexibility index (Phi) is 3.84. The Morgan fingerprint density at radius 3 is 2.36 bits per heavy atom. The number of benzene rings is 2. The van der Waals surface area contributed by atoms with Gasteiger partial charge in [-0.1, -0.05) is 53.5 Å². The van der Waals surface area contributed by atoms with E-state index in [1.807, 2.05) is 0 Å². The first-order chi connectivity index (χ1) is 19.1. The van der Waals surface area contributed by atoms with E-state index in [9.17, 15) is 14.4 Å². The molecule has 1 amide bonds. The van der Waals surface area contributed by atoms with Crippen LogP contribution >= 0.6 is 0 Å². The van der Waals surface area contributed by atoms with Crippen molar-refractivity contribution in [3.8, 4) is 5.75 Å². The van der Waals surface area contributed by atoms with E-state index in [0.29, 0.717) is 5.52 Å². The number of methoxy groups -OCH3 is 1. The SMILES string of the molecule is [2H]C([2H])([2H])C(c1cc(C(C)(C)C)c(NC(=O)c2c[nH]c3ccccc3c2=O)cc1OC(=O)OC)(C([2H])([2H])[2H])C([2H])([2H])[2H]. The molecule has 3 rings (SSSR count). The maximum atomic E-state index is 13.4. The second-order valence-electron chi connectivity index (χ2n) is 8.48. The molecule has 0 saturated heterocycles. The smallest absolute Gasteiger partial charge is 0.437 e. The average Bonchev–Trinajstić information content (AvgIpc) is 2.82. The van der Waals surface area contributed by atoms with Gasteiger partial charge in [-0.2, -0.15) is 0 Å². The summed E-state index contributed by atoms with van der Waals surface area (Å²) in [5.41, 5.74) is -5.72. The number of amides is 1. The van der Waals surface area contributed by atoms with Gasteiger partial charge in [0.2, 0.25) is 5.43 Å². The molecule has 0 fully saturated rings. The molecule has 0 unspecified atom stereocenters. The van der Waals surface area contributed by atoms with Gasteiger partial charge in [-0.25, -0.2) is 4.79 Å². The Hall–Kier alpha value is -3.61. The number of carbonyl (C=O) groups is 2. The molecule has 0 radical (unpaired) electrons. The Morgan fingerprint density at radius 1 is 1.03 bits per heavy atom. The summed E-state index contributed by atoms with van der Waals surface area (Å²) < 4.78 is 82.9. The predicted octanol–water partition coefficient (Wildman–Crippen LogP) is 5.52. The average molecular weight is 460 g/mol. The molecule has 1 heterocycles. The highest BCUT2D eigenvalue weighted by atomic mass is 16.7. The maximum Gasteiger partial charge on any atom is 0.513 e. The Morgan fingerprint density at radius 2 is 1.73 bits per heavy atom. The number of rotatable bonds is 3. The molecule has 0 atom stereocenters. The van der Waals surface area contributed by atoms with Gasteiger partial charge in [-0.15, -0.1) is 0 Å². The molecule has 0 aliphatic carbocycles. The second kappa shape index (κ2) is 8.73. The van der Waals surface area contributed by atoms with E-state index in [1.54, 1.807) is 39.0 Å². The third-order valence-electron chi connectivity index (χ3n) is 4.97. The monoisotopic (exact) mass is 459 g/mol. The van der Waals surface area contributed by atoms with E-state index in [1.165, 1.54) is 12.3 Å². The zero-order valence-electron chi connectivity index (χ0n) is 27.6. The number of H-pyrrole nitrogens is 1. The lowest BCUT2D eigenvalue weighted by Gasteiger charge is -2.29. The van der Waals surface area contributed by atoms with Crippen molar-refractivity contribution in [3.63, 3.8) is 0 Å². The lowest BCUT2D eigenvalue weighted by Crippen LogP contribution is -2.25. The van der Waals surface area contributed by atoms with E-state index in [-0.39, 0.29) is 22.2 Å². The number of anilines is 1. The lowest BCUT2D eigenvalue weighted by molar-refractivity contribution is 0.102. The van der Waals surface area contributed by atoms with Crippen molar-refractivity contribution in [2.75, 3.05) is 12.4 Å². The largest absolute Gasteiger partial charge is 0.513 e. The number of pyridine rings is 1. The first-order valence-electron chi connectivity index (χ1n) is 14.4. The molecule has 0 aliphatic rings. The van der Waals surface area contributed by atoms with Crippen LogP contribution in [0.25, 0.3) is 10.9 Å². The molecule has 7 nitrogen and oxygen atoms in total. The van der Waals surface area contributed by atoms with Crippen molar-refractivity contribution in [3.05, 3.63) is 69.5 Å². The number of nitrogens with one attached hydrogen (secondary N) is 2. The number of ether oxygens (including phenoxy) is 2. The van der Waals surface area contributed by atoms with E-state index < -0.39 is 60.2 Å².